The maximum atomic E-state index is 12.9. The predicted molar refractivity (Wildman–Crippen MR) is 93.4 cm³/mol. The first-order valence-corrected chi connectivity index (χ1v) is 7.49. The number of H-pyrrole nitrogens is 1. The molecule has 25 heavy (non-hydrogen) atoms. The molecule has 4 N–H and O–H groups in total. The number of para-hydroxylation sites is 1. The van der Waals surface area contributed by atoms with Crippen LogP contribution in [0.2, 0.25) is 0 Å². The normalized spacial score (nSPS) is 10.7. The number of esters is 1. The second-order valence-corrected chi connectivity index (χ2v) is 5.41. The summed E-state index contributed by atoms with van der Waals surface area (Å²) in [6.07, 6.45) is 0. The lowest BCUT2D eigenvalue weighted by Gasteiger charge is -2.07. The van der Waals surface area contributed by atoms with E-state index in [0.717, 1.165) is 5.69 Å². The van der Waals surface area contributed by atoms with Crippen molar-refractivity contribution in [2.75, 3.05) is 18.2 Å². The Labute approximate surface area is 143 Å². The summed E-state index contributed by atoms with van der Waals surface area (Å²) in [4.78, 5) is 24.7. The summed E-state index contributed by atoms with van der Waals surface area (Å²) in [5.74, 6) is -0.451. The van der Waals surface area contributed by atoms with Crippen LogP contribution in [0.15, 0.2) is 35.1 Å². The van der Waals surface area contributed by atoms with Gasteiger partial charge in [0.15, 0.2) is 5.82 Å². The number of carbonyl (C=O) groups excluding carboxylic acids is 1. The fourth-order valence-electron chi connectivity index (χ4n) is 2.59. The molecule has 2 heterocycles. The first kappa shape index (κ1) is 16.4. The van der Waals surface area contributed by atoms with E-state index in [1.807, 2.05) is 30.3 Å². The van der Waals surface area contributed by atoms with E-state index in [0.29, 0.717) is 11.4 Å². The second-order valence-electron chi connectivity index (χ2n) is 5.41. The molecule has 0 saturated heterocycles. The molecule has 0 aliphatic carbocycles. The zero-order chi connectivity index (χ0) is 18.1. The molecule has 0 amide bonds. The fourth-order valence-corrected chi connectivity index (χ4v) is 2.59. The third-order valence-electron chi connectivity index (χ3n) is 3.98. The van der Waals surface area contributed by atoms with Gasteiger partial charge in [0.05, 0.1) is 18.5 Å². The number of ether oxygens (including phenoxy) is 1. The van der Waals surface area contributed by atoms with Gasteiger partial charge in [-0.3, -0.25) is 14.6 Å². The minimum absolute atomic E-state index is 0.0522. The van der Waals surface area contributed by atoms with Gasteiger partial charge in [-0.05, 0) is 19.1 Å². The van der Waals surface area contributed by atoms with Crippen LogP contribution in [0.4, 0.5) is 17.3 Å². The molecule has 0 atom stereocenters. The van der Waals surface area contributed by atoms with Crippen LogP contribution in [0.1, 0.15) is 16.1 Å². The van der Waals surface area contributed by atoms with E-state index in [1.54, 1.807) is 18.7 Å². The Morgan fingerprint density at radius 2 is 2.00 bits per heavy atom. The summed E-state index contributed by atoms with van der Waals surface area (Å²) in [5, 5.41) is 9.37. The number of aromatic amines is 1. The fraction of sp³-hybridized carbons (Fsp3) is 0.188. The highest BCUT2D eigenvalue weighted by molar-refractivity contribution is 6.00. The number of methoxy groups -OCH3 is 1. The van der Waals surface area contributed by atoms with Crippen molar-refractivity contribution in [2.24, 2.45) is 7.05 Å². The van der Waals surface area contributed by atoms with Crippen LogP contribution in [-0.4, -0.2) is 32.6 Å². The molecule has 3 rings (SSSR count). The monoisotopic (exact) mass is 342 g/mol. The van der Waals surface area contributed by atoms with Gasteiger partial charge in [-0.2, -0.15) is 5.10 Å². The van der Waals surface area contributed by atoms with Crippen LogP contribution in [-0.2, 0) is 11.8 Å². The van der Waals surface area contributed by atoms with Gasteiger partial charge in [0.25, 0.3) is 5.56 Å². The standard InChI is InChI=1S/C16H18N6O3/c1-9-12(18-14-11(16(24)25-3)13(17)19-20-14)15(23)22(21(9)2)10-7-5-4-6-8-10/h4-8H,1-3H3,(H4,17,18,19,20). The molecular formula is C16H18N6O3. The van der Waals surface area contributed by atoms with E-state index in [4.69, 9.17) is 10.5 Å². The summed E-state index contributed by atoms with van der Waals surface area (Å²) in [6, 6.07) is 9.23. The van der Waals surface area contributed by atoms with Crippen LogP contribution in [0.25, 0.3) is 5.69 Å². The SMILES string of the molecule is COC(=O)c1c(Nc2c(C)n(C)n(-c3ccccc3)c2=O)n[nH]c1N. The summed E-state index contributed by atoms with van der Waals surface area (Å²) in [5.41, 5.74) is 7.19. The Kier molecular flexibility index (Phi) is 4.05. The third kappa shape index (κ3) is 2.65. The highest BCUT2D eigenvalue weighted by Crippen LogP contribution is 2.24. The Bertz CT molecular complexity index is 983. The van der Waals surface area contributed by atoms with Crippen molar-refractivity contribution in [2.45, 2.75) is 6.92 Å². The van der Waals surface area contributed by atoms with Gasteiger partial charge in [-0.15, -0.1) is 0 Å². The average molecular weight is 342 g/mol. The molecule has 3 aromatic rings. The van der Waals surface area contributed by atoms with E-state index in [1.165, 1.54) is 11.8 Å². The summed E-state index contributed by atoms with van der Waals surface area (Å²) < 4.78 is 7.94. The molecule has 0 spiro atoms. The number of hydrogen-bond acceptors (Lipinski definition) is 6. The average Bonchev–Trinajstić information content (AvgIpc) is 3.08. The molecule has 0 radical (unpaired) electrons. The summed E-state index contributed by atoms with van der Waals surface area (Å²) in [6.45, 7) is 1.79. The maximum Gasteiger partial charge on any atom is 0.345 e. The Morgan fingerprint density at radius 3 is 2.64 bits per heavy atom. The molecule has 1 aromatic carbocycles. The van der Waals surface area contributed by atoms with Gasteiger partial charge in [-0.25, -0.2) is 9.48 Å². The van der Waals surface area contributed by atoms with Crippen LogP contribution >= 0.6 is 0 Å². The van der Waals surface area contributed by atoms with Gasteiger partial charge in [-0.1, -0.05) is 18.2 Å². The van der Waals surface area contributed by atoms with Gasteiger partial charge in [0, 0.05) is 7.05 Å². The molecular weight excluding hydrogens is 324 g/mol. The Morgan fingerprint density at radius 1 is 1.32 bits per heavy atom. The lowest BCUT2D eigenvalue weighted by Crippen LogP contribution is -2.20. The first-order chi connectivity index (χ1) is 12.0. The maximum absolute atomic E-state index is 12.9. The molecule has 0 aliphatic heterocycles. The highest BCUT2D eigenvalue weighted by atomic mass is 16.5. The molecule has 2 aromatic heterocycles. The van der Waals surface area contributed by atoms with Gasteiger partial charge in [0.2, 0.25) is 0 Å². The van der Waals surface area contributed by atoms with Gasteiger partial charge < -0.3 is 15.8 Å². The van der Waals surface area contributed by atoms with Crippen LogP contribution in [0, 0.1) is 6.92 Å². The molecule has 9 heteroatoms. The van der Waals surface area contributed by atoms with E-state index in [-0.39, 0.29) is 22.8 Å². The topological polar surface area (TPSA) is 120 Å². The number of benzene rings is 1. The van der Waals surface area contributed by atoms with E-state index < -0.39 is 5.97 Å². The lowest BCUT2D eigenvalue weighted by molar-refractivity contribution is 0.0603. The van der Waals surface area contributed by atoms with Crippen molar-refractivity contribution in [3.63, 3.8) is 0 Å². The first-order valence-electron chi connectivity index (χ1n) is 7.49. The number of carbonyl (C=O) groups is 1. The van der Waals surface area contributed by atoms with Crippen molar-refractivity contribution >= 4 is 23.3 Å². The van der Waals surface area contributed by atoms with Crippen molar-refractivity contribution in [3.05, 3.63) is 51.9 Å². The van der Waals surface area contributed by atoms with Crippen LogP contribution in [0.5, 0.6) is 0 Å². The molecule has 0 fully saturated rings. The van der Waals surface area contributed by atoms with Crippen LogP contribution < -0.4 is 16.6 Å². The Balaban J connectivity index is 2.09. The quantitative estimate of drug-likeness (QED) is 0.615. The van der Waals surface area contributed by atoms with Crippen molar-refractivity contribution in [3.8, 4) is 5.69 Å². The molecule has 9 nitrogen and oxygen atoms in total. The number of hydrogen-bond donors (Lipinski definition) is 3. The molecule has 0 bridgehead atoms. The van der Waals surface area contributed by atoms with Crippen LogP contribution in [0.3, 0.4) is 0 Å². The number of rotatable bonds is 4. The zero-order valence-corrected chi connectivity index (χ0v) is 14.0. The smallest absolute Gasteiger partial charge is 0.345 e. The second kappa shape index (κ2) is 6.19. The molecule has 0 saturated carbocycles. The number of nitrogens with one attached hydrogen (secondary N) is 2. The number of aromatic nitrogens is 4. The van der Waals surface area contributed by atoms with E-state index >= 15 is 0 Å². The van der Waals surface area contributed by atoms with E-state index in [9.17, 15) is 9.59 Å². The third-order valence-corrected chi connectivity index (χ3v) is 3.98. The minimum Gasteiger partial charge on any atom is -0.465 e. The van der Waals surface area contributed by atoms with Crippen molar-refractivity contribution in [1.82, 2.24) is 19.6 Å². The number of nitrogens with two attached hydrogens (primary N) is 1. The highest BCUT2D eigenvalue weighted by Gasteiger charge is 2.23. The predicted octanol–water partition coefficient (Wildman–Crippen LogP) is 1.32. The van der Waals surface area contributed by atoms with Crippen molar-refractivity contribution in [1.29, 1.82) is 0 Å². The van der Waals surface area contributed by atoms with Crippen molar-refractivity contribution < 1.29 is 9.53 Å². The van der Waals surface area contributed by atoms with Gasteiger partial charge in [0.1, 0.15) is 17.1 Å². The summed E-state index contributed by atoms with van der Waals surface area (Å²) in [7, 11) is 3.02. The number of nitrogens with zero attached hydrogens (tertiary/aromatic N) is 3. The number of nitrogen functional groups attached to an aromatic ring is 1. The summed E-state index contributed by atoms with van der Waals surface area (Å²) >= 11 is 0. The minimum atomic E-state index is -0.647. The lowest BCUT2D eigenvalue weighted by atomic mass is 10.3. The molecule has 130 valence electrons. The Hall–Kier alpha value is -3.49. The van der Waals surface area contributed by atoms with E-state index in [2.05, 4.69) is 15.5 Å². The zero-order valence-electron chi connectivity index (χ0n) is 14.0. The molecule has 0 unspecified atom stereocenters. The largest absolute Gasteiger partial charge is 0.465 e. The number of anilines is 3. The molecule has 0 aliphatic rings. The van der Waals surface area contributed by atoms with Gasteiger partial charge >= 0.3 is 5.97 Å².